The van der Waals surface area contributed by atoms with Crippen LogP contribution in [0.2, 0.25) is 0 Å². The predicted molar refractivity (Wildman–Crippen MR) is 40.9 cm³/mol. The lowest BCUT2D eigenvalue weighted by Crippen LogP contribution is -2.52. The molecule has 3 N–H and O–H groups in total. The van der Waals surface area contributed by atoms with Crippen molar-refractivity contribution in [3.05, 3.63) is 0 Å². The molecule has 0 aliphatic carbocycles. The molecule has 0 radical (unpaired) electrons. The molecule has 1 saturated heterocycles. The molecule has 1 aliphatic heterocycles. The summed E-state index contributed by atoms with van der Waals surface area (Å²) in [4.78, 5) is 0. The molecule has 0 aromatic carbocycles. The number of nitrogens with one attached hydrogen (secondary N) is 1. The fourth-order valence-corrected chi connectivity index (χ4v) is 1.32. The van der Waals surface area contributed by atoms with E-state index in [1.807, 2.05) is 7.05 Å². The second-order valence-corrected chi connectivity index (χ2v) is 2.85. The van der Waals surface area contributed by atoms with Gasteiger partial charge >= 0.3 is 0 Å². The van der Waals surface area contributed by atoms with Crippen LogP contribution in [0.25, 0.3) is 0 Å². The Morgan fingerprint density at radius 1 is 1.50 bits per heavy atom. The van der Waals surface area contributed by atoms with Gasteiger partial charge in [-0.05, 0) is 19.9 Å². The first-order valence-electron chi connectivity index (χ1n) is 3.80. The Bertz CT molecular complexity index is 93.8. The number of hydrogen-bond acceptors (Lipinski definition) is 3. The van der Waals surface area contributed by atoms with Gasteiger partial charge in [-0.1, -0.05) is 0 Å². The van der Waals surface area contributed by atoms with Crippen LogP contribution in [0, 0.1) is 0 Å². The molecule has 1 aliphatic rings. The molecule has 0 amide bonds. The SMILES string of the molecule is CNC1(CN)CCOCC1. The third-order valence-corrected chi connectivity index (χ3v) is 2.37. The zero-order chi connectivity index (χ0) is 7.45. The van der Waals surface area contributed by atoms with Gasteiger partial charge in [0.25, 0.3) is 0 Å². The molecule has 0 saturated carbocycles. The molecule has 0 bridgehead atoms. The van der Waals surface area contributed by atoms with Gasteiger partial charge in [0.1, 0.15) is 0 Å². The Hall–Kier alpha value is -0.120. The Balaban J connectivity index is 2.44. The Labute approximate surface area is 61.9 Å². The van der Waals surface area contributed by atoms with Crippen molar-refractivity contribution >= 4 is 0 Å². The molecular formula is C7H16N2O. The molecule has 60 valence electrons. The molecule has 3 heteroatoms. The van der Waals surface area contributed by atoms with E-state index in [1.54, 1.807) is 0 Å². The summed E-state index contributed by atoms with van der Waals surface area (Å²) in [5.74, 6) is 0. The van der Waals surface area contributed by atoms with Gasteiger partial charge in [0.05, 0.1) is 0 Å². The van der Waals surface area contributed by atoms with Crippen LogP contribution < -0.4 is 11.1 Å². The number of hydrogen-bond donors (Lipinski definition) is 2. The van der Waals surface area contributed by atoms with Crippen molar-refractivity contribution in [3.8, 4) is 0 Å². The summed E-state index contributed by atoms with van der Waals surface area (Å²) in [5.41, 5.74) is 5.80. The third kappa shape index (κ3) is 1.48. The van der Waals surface area contributed by atoms with Crippen LogP contribution >= 0.6 is 0 Å². The molecule has 1 rings (SSSR count). The molecule has 1 heterocycles. The van der Waals surface area contributed by atoms with Gasteiger partial charge in [0, 0.05) is 25.3 Å². The second kappa shape index (κ2) is 3.32. The highest BCUT2D eigenvalue weighted by molar-refractivity contribution is 4.89. The van der Waals surface area contributed by atoms with Crippen LogP contribution in [-0.4, -0.2) is 32.3 Å². The minimum absolute atomic E-state index is 0.165. The van der Waals surface area contributed by atoms with Crippen molar-refractivity contribution in [1.82, 2.24) is 5.32 Å². The summed E-state index contributed by atoms with van der Waals surface area (Å²) >= 11 is 0. The Morgan fingerprint density at radius 3 is 2.40 bits per heavy atom. The molecule has 10 heavy (non-hydrogen) atoms. The molecular weight excluding hydrogens is 128 g/mol. The van der Waals surface area contributed by atoms with Gasteiger partial charge in [-0.25, -0.2) is 0 Å². The lowest BCUT2D eigenvalue weighted by molar-refractivity contribution is 0.0445. The maximum absolute atomic E-state index is 5.63. The zero-order valence-corrected chi connectivity index (χ0v) is 6.52. The van der Waals surface area contributed by atoms with Crippen molar-refractivity contribution in [2.45, 2.75) is 18.4 Å². The maximum Gasteiger partial charge on any atom is 0.0484 e. The first-order chi connectivity index (χ1) is 4.83. The largest absolute Gasteiger partial charge is 0.381 e. The van der Waals surface area contributed by atoms with E-state index in [9.17, 15) is 0 Å². The number of nitrogens with two attached hydrogens (primary N) is 1. The van der Waals surface area contributed by atoms with Crippen molar-refractivity contribution in [3.63, 3.8) is 0 Å². The highest BCUT2D eigenvalue weighted by Crippen LogP contribution is 2.17. The van der Waals surface area contributed by atoms with Crippen molar-refractivity contribution in [1.29, 1.82) is 0 Å². The summed E-state index contributed by atoms with van der Waals surface area (Å²) in [7, 11) is 1.97. The molecule has 0 spiro atoms. The number of rotatable bonds is 2. The summed E-state index contributed by atoms with van der Waals surface area (Å²) in [6.45, 7) is 2.41. The highest BCUT2D eigenvalue weighted by atomic mass is 16.5. The van der Waals surface area contributed by atoms with E-state index >= 15 is 0 Å². The second-order valence-electron chi connectivity index (χ2n) is 2.85. The summed E-state index contributed by atoms with van der Waals surface area (Å²) in [6.07, 6.45) is 2.08. The van der Waals surface area contributed by atoms with Gasteiger partial charge in [-0.15, -0.1) is 0 Å². The third-order valence-electron chi connectivity index (χ3n) is 2.37. The van der Waals surface area contributed by atoms with Crippen LogP contribution in [0.3, 0.4) is 0 Å². The monoisotopic (exact) mass is 144 g/mol. The normalized spacial score (nSPS) is 24.6. The molecule has 0 aromatic heterocycles. The zero-order valence-electron chi connectivity index (χ0n) is 6.52. The fraction of sp³-hybridized carbons (Fsp3) is 1.00. The predicted octanol–water partition coefficient (Wildman–Crippen LogP) is -0.286. The molecule has 0 aromatic rings. The molecule has 3 nitrogen and oxygen atoms in total. The van der Waals surface area contributed by atoms with Gasteiger partial charge in [0.15, 0.2) is 0 Å². The van der Waals surface area contributed by atoms with Crippen LogP contribution in [0.1, 0.15) is 12.8 Å². The van der Waals surface area contributed by atoms with Gasteiger partial charge in [-0.2, -0.15) is 0 Å². The van der Waals surface area contributed by atoms with E-state index in [0.29, 0.717) is 6.54 Å². The summed E-state index contributed by atoms with van der Waals surface area (Å²) in [6, 6.07) is 0. The van der Waals surface area contributed by atoms with Crippen molar-refractivity contribution in [2.24, 2.45) is 5.73 Å². The average molecular weight is 144 g/mol. The lowest BCUT2D eigenvalue weighted by Gasteiger charge is -2.35. The standard InChI is InChI=1S/C7H16N2O/c1-9-7(6-8)2-4-10-5-3-7/h9H,2-6,8H2,1H3. The maximum atomic E-state index is 5.63. The van der Waals surface area contributed by atoms with Gasteiger partial charge in [-0.3, -0.25) is 0 Å². The fourth-order valence-electron chi connectivity index (χ4n) is 1.32. The van der Waals surface area contributed by atoms with Crippen LogP contribution in [0.4, 0.5) is 0 Å². The number of likely N-dealkylation sites (N-methyl/N-ethyl adjacent to an activating group) is 1. The van der Waals surface area contributed by atoms with Crippen LogP contribution in [0.15, 0.2) is 0 Å². The van der Waals surface area contributed by atoms with E-state index in [4.69, 9.17) is 10.5 Å². The van der Waals surface area contributed by atoms with E-state index < -0.39 is 0 Å². The van der Waals surface area contributed by atoms with E-state index in [-0.39, 0.29) is 5.54 Å². The van der Waals surface area contributed by atoms with Gasteiger partial charge < -0.3 is 15.8 Å². The van der Waals surface area contributed by atoms with Crippen LogP contribution in [-0.2, 0) is 4.74 Å². The number of ether oxygens (including phenoxy) is 1. The molecule has 0 atom stereocenters. The van der Waals surface area contributed by atoms with Crippen molar-refractivity contribution in [2.75, 3.05) is 26.8 Å². The van der Waals surface area contributed by atoms with Crippen molar-refractivity contribution < 1.29 is 4.74 Å². The first kappa shape index (κ1) is 7.98. The molecule has 0 unspecified atom stereocenters. The smallest absolute Gasteiger partial charge is 0.0484 e. The Kier molecular flexibility index (Phi) is 2.65. The highest BCUT2D eigenvalue weighted by Gasteiger charge is 2.28. The quantitative estimate of drug-likeness (QED) is 0.560. The van der Waals surface area contributed by atoms with Gasteiger partial charge in [0.2, 0.25) is 0 Å². The minimum atomic E-state index is 0.165. The topological polar surface area (TPSA) is 47.3 Å². The lowest BCUT2D eigenvalue weighted by atomic mass is 9.91. The average Bonchev–Trinajstić information content (AvgIpc) is 2.06. The summed E-state index contributed by atoms with van der Waals surface area (Å²) < 4.78 is 5.23. The van der Waals surface area contributed by atoms with Crippen LogP contribution in [0.5, 0.6) is 0 Å². The minimum Gasteiger partial charge on any atom is -0.381 e. The van der Waals surface area contributed by atoms with E-state index in [1.165, 1.54) is 0 Å². The van der Waals surface area contributed by atoms with E-state index in [0.717, 1.165) is 26.1 Å². The molecule has 1 fully saturated rings. The Morgan fingerprint density at radius 2 is 2.10 bits per heavy atom. The first-order valence-corrected chi connectivity index (χ1v) is 3.80. The van der Waals surface area contributed by atoms with E-state index in [2.05, 4.69) is 5.32 Å². The summed E-state index contributed by atoms with van der Waals surface area (Å²) in [5, 5.41) is 3.26.